The molecule has 5 nitrogen and oxygen atoms in total. The van der Waals surface area contributed by atoms with Crippen molar-refractivity contribution in [3.8, 4) is 0 Å². The highest BCUT2D eigenvalue weighted by molar-refractivity contribution is 6.05. The number of hydrogen-bond acceptors (Lipinski definition) is 4. The van der Waals surface area contributed by atoms with Crippen molar-refractivity contribution in [1.82, 2.24) is 0 Å². The Bertz CT molecular complexity index is 607. The minimum Gasteiger partial charge on any atom is -0.465 e. The molecule has 0 unspecified atom stereocenters. The molecule has 5 heteroatoms. The summed E-state index contributed by atoms with van der Waals surface area (Å²) >= 11 is 0. The number of benzene rings is 1. The van der Waals surface area contributed by atoms with Crippen molar-refractivity contribution >= 4 is 23.3 Å². The van der Waals surface area contributed by atoms with E-state index in [9.17, 15) is 9.59 Å². The van der Waals surface area contributed by atoms with Gasteiger partial charge in [0.25, 0.3) is 0 Å². The molecule has 0 radical (unpaired) electrons. The average Bonchev–Trinajstić information content (AvgIpc) is 2.58. The standard InChI is InChI=1S/C20H30N2O3/c1-5-25-20(24)18(15-9-7-6-8-10-15)19(23)21-17-13-16(22(3)4)12-11-14(17)2/h11-13,15,18H,5-10H2,1-4H3,(H,21,23)/t18-/m1/s1. The molecule has 2 rings (SSSR count). The highest BCUT2D eigenvalue weighted by atomic mass is 16.5. The van der Waals surface area contributed by atoms with Crippen LogP contribution in [0, 0.1) is 18.8 Å². The molecule has 1 N–H and O–H groups in total. The first-order valence-electron chi connectivity index (χ1n) is 9.19. The van der Waals surface area contributed by atoms with Crippen LogP contribution in [0.15, 0.2) is 18.2 Å². The summed E-state index contributed by atoms with van der Waals surface area (Å²) in [5.74, 6) is -1.29. The molecule has 1 fully saturated rings. The fourth-order valence-corrected chi connectivity index (χ4v) is 3.45. The Hall–Kier alpha value is -2.04. The van der Waals surface area contributed by atoms with E-state index in [2.05, 4.69) is 5.32 Å². The third-order valence-corrected chi connectivity index (χ3v) is 4.94. The Morgan fingerprint density at radius 2 is 1.92 bits per heavy atom. The summed E-state index contributed by atoms with van der Waals surface area (Å²) in [6, 6.07) is 5.93. The van der Waals surface area contributed by atoms with E-state index >= 15 is 0 Å². The van der Waals surface area contributed by atoms with Gasteiger partial charge in [-0.2, -0.15) is 0 Å². The first kappa shape index (κ1) is 19.3. The molecule has 1 aliphatic rings. The summed E-state index contributed by atoms with van der Waals surface area (Å²) in [6.07, 6.45) is 5.14. The molecule has 1 aromatic carbocycles. The van der Waals surface area contributed by atoms with E-state index in [1.165, 1.54) is 6.42 Å². The number of esters is 1. The van der Waals surface area contributed by atoms with E-state index in [1.807, 2.05) is 44.1 Å². The Morgan fingerprint density at radius 1 is 1.24 bits per heavy atom. The van der Waals surface area contributed by atoms with Crippen LogP contribution in [0.25, 0.3) is 0 Å². The first-order chi connectivity index (χ1) is 11.9. The third-order valence-electron chi connectivity index (χ3n) is 4.94. The number of nitrogens with one attached hydrogen (secondary N) is 1. The number of hydrogen-bond donors (Lipinski definition) is 1. The number of aryl methyl sites for hydroxylation is 1. The topological polar surface area (TPSA) is 58.6 Å². The van der Waals surface area contributed by atoms with E-state index in [4.69, 9.17) is 4.74 Å². The molecular weight excluding hydrogens is 316 g/mol. The molecule has 0 aromatic heterocycles. The molecule has 1 aromatic rings. The van der Waals surface area contributed by atoms with Gasteiger partial charge >= 0.3 is 5.97 Å². The molecule has 0 aliphatic heterocycles. The second kappa shape index (κ2) is 8.88. The maximum atomic E-state index is 12.9. The van der Waals surface area contributed by atoms with Crippen LogP contribution in [0.4, 0.5) is 11.4 Å². The number of carbonyl (C=O) groups is 2. The maximum Gasteiger partial charge on any atom is 0.318 e. The van der Waals surface area contributed by atoms with Crippen LogP contribution in [0.1, 0.15) is 44.6 Å². The van der Waals surface area contributed by atoms with Gasteiger partial charge in [0, 0.05) is 25.5 Å². The predicted molar refractivity (Wildman–Crippen MR) is 101 cm³/mol. The van der Waals surface area contributed by atoms with Gasteiger partial charge < -0.3 is 15.0 Å². The normalized spacial score (nSPS) is 16.2. The zero-order valence-electron chi connectivity index (χ0n) is 15.8. The molecule has 0 bridgehead atoms. The third kappa shape index (κ3) is 4.97. The molecule has 1 amide bonds. The minimum atomic E-state index is -0.720. The summed E-state index contributed by atoms with van der Waals surface area (Å²) in [5.41, 5.74) is 2.73. The van der Waals surface area contributed by atoms with Crippen LogP contribution in [0.5, 0.6) is 0 Å². The molecule has 1 atom stereocenters. The van der Waals surface area contributed by atoms with Crippen molar-refractivity contribution < 1.29 is 14.3 Å². The Labute approximate surface area is 150 Å². The smallest absolute Gasteiger partial charge is 0.318 e. The summed E-state index contributed by atoms with van der Waals surface area (Å²) in [5, 5.41) is 2.98. The van der Waals surface area contributed by atoms with Crippen molar-refractivity contribution in [3.05, 3.63) is 23.8 Å². The lowest BCUT2D eigenvalue weighted by Gasteiger charge is -2.28. The quantitative estimate of drug-likeness (QED) is 0.629. The first-order valence-corrected chi connectivity index (χ1v) is 9.19. The lowest BCUT2D eigenvalue weighted by atomic mass is 9.79. The van der Waals surface area contributed by atoms with E-state index in [-0.39, 0.29) is 11.8 Å². The number of rotatable bonds is 6. The molecule has 138 valence electrons. The van der Waals surface area contributed by atoms with E-state index in [0.717, 1.165) is 42.6 Å². The van der Waals surface area contributed by atoms with Crippen LogP contribution in [0.3, 0.4) is 0 Å². The van der Waals surface area contributed by atoms with Crippen LogP contribution in [-0.2, 0) is 14.3 Å². The van der Waals surface area contributed by atoms with Crippen molar-refractivity contribution in [2.45, 2.75) is 46.0 Å². The molecule has 0 heterocycles. The summed E-state index contributed by atoms with van der Waals surface area (Å²) in [4.78, 5) is 27.4. The fourth-order valence-electron chi connectivity index (χ4n) is 3.45. The molecular formula is C20H30N2O3. The van der Waals surface area contributed by atoms with Crippen LogP contribution < -0.4 is 10.2 Å². The predicted octanol–water partition coefficient (Wildman–Crippen LogP) is 3.76. The minimum absolute atomic E-state index is 0.0742. The largest absolute Gasteiger partial charge is 0.465 e. The van der Waals surface area contributed by atoms with Gasteiger partial charge in [-0.15, -0.1) is 0 Å². The lowest BCUT2D eigenvalue weighted by molar-refractivity contribution is -0.153. The number of amides is 1. The van der Waals surface area contributed by atoms with Crippen molar-refractivity contribution in [3.63, 3.8) is 0 Å². The molecule has 25 heavy (non-hydrogen) atoms. The van der Waals surface area contributed by atoms with Crippen LogP contribution >= 0.6 is 0 Å². The van der Waals surface area contributed by atoms with E-state index in [0.29, 0.717) is 6.61 Å². The Balaban J connectivity index is 2.21. The molecule has 1 aliphatic carbocycles. The molecule has 1 saturated carbocycles. The van der Waals surface area contributed by atoms with Gasteiger partial charge in [-0.05, 0) is 50.3 Å². The lowest BCUT2D eigenvalue weighted by Crippen LogP contribution is -2.38. The van der Waals surface area contributed by atoms with Crippen molar-refractivity contribution in [1.29, 1.82) is 0 Å². The number of anilines is 2. The van der Waals surface area contributed by atoms with E-state index < -0.39 is 11.9 Å². The van der Waals surface area contributed by atoms with Crippen LogP contribution in [-0.4, -0.2) is 32.6 Å². The number of ether oxygens (including phenoxy) is 1. The zero-order valence-corrected chi connectivity index (χ0v) is 15.8. The van der Waals surface area contributed by atoms with Gasteiger partial charge in [0.1, 0.15) is 5.92 Å². The van der Waals surface area contributed by atoms with Gasteiger partial charge in [0.15, 0.2) is 0 Å². The van der Waals surface area contributed by atoms with Gasteiger partial charge in [0.05, 0.1) is 6.61 Å². The van der Waals surface area contributed by atoms with Gasteiger partial charge in [-0.3, -0.25) is 9.59 Å². The Kier molecular flexibility index (Phi) is 6.85. The second-order valence-corrected chi connectivity index (χ2v) is 7.01. The van der Waals surface area contributed by atoms with Crippen molar-refractivity contribution in [2.24, 2.45) is 11.8 Å². The highest BCUT2D eigenvalue weighted by Crippen LogP contribution is 2.32. The zero-order chi connectivity index (χ0) is 18.4. The molecule has 0 spiro atoms. The molecule has 0 saturated heterocycles. The van der Waals surface area contributed by atoms with Gasteiger partial charge in [0.2, 0.25) is 5.91 Å². The number of nitrogens with zero attached hydrogens (tertiary/aromatic N) is 1. The monoisotopic (exact) mass is 346 g/mol. The number of carbonyl (C=O) groups excluding carboxylic acids is 2. The van der Waals surface area contributed by atoms with Gasteiger partial charge in [-0.25, -0.2) is 0 Å². The Morgan fingerprint density at radius 3 is 2.52 bits per heavy atom. The fraction of sp³-hybridized carbons (Fsp3) is 0.600. The SMILES string of the molecule is CCOC(=O)[C@@H](C(=O)Nc1cc(N(C)C)ccc1C)C1CCCCC1. The van der Waals surface area contributed by atoms with Gasteiger partial charge in [-0.1, -0.05) is 25.3 Å². The maximum absolute atomic E-state index is 12.9. The second-order valence-electron chi connectivity index (χ2n) is 7.01. The van der Waals surface area contributed by atoms with E-state index in [1.54, 1.807) is 6.92 Å². The van der Waals surface area contributed by atoms with Crippen LogP contribution in [0.2, 0.25) is 0 Å². The average molecular weight is 346 g/mol. The summed E-state index contributed by atoms with van der Waals surface area (Å²) in [6.45, 7) is 4.03. The summed E-state index contributed by atoms with van der Waals surface area (Å²) in [7, 11) is 3.92. The highest BCUT2D eigenvalue weighted by Gasteiger charge is 2.36. The van der Waals surface area contributed by atoms with Crippen molar-refractivity contribution in [2.75, 3.05) is 30.9 Å². The summed E-state index contributed by atoms with van der Waals surface area (Å²) < 4.78 is 5.20.